The quantitative estimate of drug-likeness (QED) is 0.193. The van der Waals surface area contributed by atoms with E-state index in [1.807, 2.05) is 0 Å². The number of ether oxygens (including phenoxy) is 9. The minimum absolute atomic E-state index is 0.443. The maximum atomic E-state index is 11.8. The fraction of sp³-hybridized carbons (Fsp3) is 0.381. The molecule has 0 bridgehead atoms. The van der Waals surface area contributed by atoms with E-state index in [1.54, 1.807) is 12.2 Å². The number of allylic oxidation sites excluding steroid dienone is 4. The van der Waals surface area contributed by atoms with Crippen LogP contribution in [0.4, 0.5) is 14.4 Å². The van der Waals surface area contributed by atoms with E-state index in [0.29, 0.717) is 12.8 Å². The summed E-state index contributed by atoms with van der Waals surface area (Å²) in [5.74, 6) is 0. The highest BCUT2D eigenvalue weighted by atomic mass is 16.8. The predicted molar refractivity (Wildman–Crippen MR) is 112 cm³/mol. The molecular formula is C21H28O12. The largest absolute Gasteiger partial charge is 0.513 e. The highest BCUT2D eigenvalue weighted by Gasteiger charge is 2.21. The van der Waals surface area contributed by atoms with E-state index >= 15 is 0 Å². The van der Waals surface area contributed by atoms with Gasteiger partial charge in [0, 0.05) is 0 Å². The van der Waals surface area contributed by atoms with Crippen molar-refractivity contribution in [2.75, 3.05) is 34.5 Å². The van der Waals surface area contributed by atoms with E-state index in [-0.39, 0.29) is 0 Å². The van der Waals surface area contributed by atoms with Crippen LogP contribution >= 0.6 is 0 Å². The lowest BCUT2D eigenvalue weighted by Gasteiger charge is -2.16. The van der Waals surface area contributed by atoms with Crippen molar-refractivity contribution in [1.82, 2.24) is 0 Å². The number of hydrogen-bond acceptors (Lipinski definition) is 12. The van der Waals surface area contributed by atoms with Gasteiger partial charge in [0.25, 0.3) is 0 Å². The molecule has 0 spiro atoms. The van der Waals surface area contributed by atoms with Crippen LogP contribution in [0, 0.1) is 0 Å². The zero-order chi connectivity index (χ0) is 24.6. The van der Waals surface area contributed by atoms with Crippen molar-refractivity contribution in [1.29, 1.82) is 0 Å². The third-order valence-electron chi connectivity index (χ3n) is 2.92. The molecule has 12 nitrogen and oxygen atoms in total. The number of carbonyl (C=O) groups excluding carboxylic acids is 3. The predicted octanol–water partition coefficient (Wildman–Crippen LogP) is 4.06. The van der Waals surface area contributed by atoms with E-state index in [4.69, 9.17) is 33.2 Å². The molecule has 0 N–H and O–H groups in total. The topological polar surface area (TPSA) is 134 Å². The molecule has 184 valence electrons. The van der Waals surface area contributed by atoms with Gasteiger partial charge in [-0.05, 0) is 37.1 Å². The Kier molecular flexibility index (Phi) is 18.5. The summed E-state index contributed by atoms with van der Waals surface area (Å²) in [6.45, 7) is -0.993. The fourth-order valence-electron chi connectivity index (χ4n) is 1.59. The first-order valence-electron chi connectivity index (χ1n) is 9.41. The Bertz CT molecular complexity index is 693. The summed E-state index contributed by atoms with van der Waals surface area (Å²) in [5.41, 5.74) is 0. The van der Waals surface area contributed by atoms with Crippen LogP contribution in [0.25, 0.3) is 0 Å². The van der Waals surface area contributed by atoms with E-state index in [2.05, 4.69) is 9.47 Å². The lowest BCUT2D eigenvalue weighted by atomic mass is 10.4. The Labute approximate surface area is 191 Å². The minimum Gasteiger partial charge on any atom is -0.505 e. The second-order valence-electron chi connectivity index (χ2n) is 5.40. The Morgan fingerprint density at radius 1 is 0.576 bits per heavy atom. The normalized spacial score (nSPS) is 12.2. The summed E-state index contributed by atoms with van der Waals surface area (Å²) in [5, 5.41) is 0. The van der Waals surface area contributed by atoms with Crippen molar-refractivity contribution in [2.24, 2.45) is 0 Å². The Hall–Kier alpha value is -4.09. The smallest absolute Gasteiger partial charge is 0.505 e. The lowest BCUT2D eigenvalue weighted by molar-refractivity contribution is -0.0306. The third kappa shape index (κ3) is 19.6. The molecule has 0 aromatic heterocycles. The van der Waals surface area contributed by atoms with Crippen molar-refractivity contribution in [2.45, 2.75) is 18.9 Å². The van der Waals surface area contributed by atoms with Crippen molar-refractivity contribution in [3.05, 3.63) is 61.9 Å². The van der Waals surface area contributed by atoms with Gasteiger partial charge in [-0.2, -0.15) is 0 Å². The molecule has 0 aromatic rings. The van der Waals surface area contributed by atoms with Gasteiger partial charge in [0.2, 0.25) is 0 Å². The zero-order valence-electron chi connectivity index (χ0n) is 18.6. The molecule has 33 heavy (non-hydrogen) atoms. The average Bonchev–Trinajstić information content (AvgIpc) is 2.80. The molecule has 0 aliphatic rings. The van der Waals surface area contributed by atoms with Crippen LogP contribution in [-0.4, -0.2) is 59.1 Å². The van der Waals surface area contributed by atoms with Gasteiger partial charge in [0.05, 0.1) is 46.4 Å². The molecule has 0 aliphatic carbocycles. The standard InChI is InChI=1S/C21H28O12/c1-25-10-6-4-8-12-28-19(22)31-16-18(17-32-20(23)30-15-14-27-3)33-21(24)29-13-9-5-7-11-26-2/h6-15,18H,4-5,16-17H2,1-3H3/b10-6-,11-7-,12-8-,13-9-,15-14-. The molecule has 1 atom stereocenters. The van der Waals surface area contributed by atoms with E-state index in [0.717, 1.165) is 25.0 Å². The van der Waals surface area contributed by atoms with Gasteiger partial charge in [0.15, 0.2) is 6.10 Å². The van der Waals surface area contributed by atoms with Crippen molar-refractivity contribution in [3.8, 4) is 0 Å². The monoisotopic (exact) mass is 472 g/mol. The van der Waals surface area contributed by atoms with Gasteiger partial charge in [-0.3, -0.25) is 0 Å². The van der Waals surface area contributed by atoms with Gasteiger partial charge >= 0.3 is 18.5 Å². The van der Waals surface area contributed by atoms with Crippen LogP contribution in [0.2, 0.25) is 0 Å². The van der Waals surface area contributed by atoms with Crippen molar-refractivity contribution < 1.29 is 57.0 Å². The van der Waals surface area contributed by atoms with Gasteiger partial charge in [0.1, 0.15) is 25.7 Å². The number of carbonyl (C=O) groups is 3. The number of hydrogen-bond donors (Lipinski definition) is 0. The van der Waals surface area contributed by atoms with Crippen LogP contribution in [0.1, 0.15) is 12.8 Å². The molecule has 0 radical (unpaired) electrons. The second kappa shape index (κ2) is 21.2. The number of rotatable bonds is 15. The van der Waals surface area contributed by atoms with Gasteiger partial charge in [-0.1, -0.05) is 0 Å². The molecule has 0 aromatic carbocycles. The molecule has 0 saturated heterocycles. The Morgan fingerprint density at radius 3 is 1.48 bits per heavy atom. The summed E-state index contributed by atoms with van der Waals surface area (Å²) < 4.78 is 42.6. The molecular weight excluding hydrogens is 444 g/mol. The molecule has 0 heterocycles. The van der Waals surface area contributed by atoms with E-state index in [1.165, 1.54) is 46.0 Å². The van der Waals surface area contributed by atoms with Gasteiger partial charge < -0.3 is 42.6 Å². The summed E-state index contributed by atoms with van der Waals surface area (Å²) in [6, 6.07) is 0. The molecule has 0 aliphatic heterocycles. The van der Waals surface area contributed by atoms with Gasteiger partial charge in [-0.25, -0.2) is 14.4 Å². The minimum atomic E-state index is -1.21. The Balaban J connectivity index is 4.63. The second-order valence-corrected chi connectivity index (χ2v) is 5.40. The fourth-order valence-corrected chi connectivity index (χ4v) is 1.59. The van der Waals surface area contributed by atoms with Crippen LogP contribution in [-0.2, 0) is 42.6 Å². The average molecular weight is 472 g/mol. The Morgan fingerprint density at radius 2 is 1.00 bits per heavy atom. The summed E-state index contributed by atoms with van der Waals surface area (Å²) in [4.78, 5) is 34.9. The molecule has 12 heteroatoms. The van der Waals surface area contributed by atoms with E-state index < -0.39 is 37.8 Å². The summed E-state index contributed by atoms with van der Waals surface area (Å²) in [7, 11) is 4.35. The highest BCUT2D eigenvalue weighted by molar-refractivity contribution is 5.62. The SMILES string of the molecule is CO/C=C\C/C=C\OC(=O)OCC(COC(=O)O/C=C\OC)OC(=O)O/C=C\C/C=C\OC. The van der Waals surface area contributed by atoms with E-state index in [9.17, 15) is 14.4 Å². The first-order chi connectivity index (χ1) is 16.0. The first kappa shape index (κ1) is 28.9. The van der Waals surface area contributed by atoms with Crippen LogP contribution in [0.5, 0.6) is 0 Å². The number of methoxy groups -OCH3 is 3. The lowest BCUT2D eigenvalue weighted by Crippen LogP contribution is -2.30. The maximum absolute atomic E-state index is 11.8. The molecule has 1 unspecified atom stereocenters. The molecule has 0 rings (SSSR count). The van der Waals surface area contributed by atoms with Gasteiger partial charge in [-0.15, -0.1) is 0 Å². The third-order valence-corrected chi connectivity index (χ3v) is 2.92. The van der Waals surface area contributed by atoms with Crippen molar-refractivity contribution >= 4 is 18.5 Å². The zero-order valence-corrected chi connectivity index (χ0v) is 18.6. The summed E-state index contributed by atoms with van der Waals surface area (Å²) in [6.07, 6.45) is 9.97. The van der Waals surface area contributed by atoms with Crippen LogP contribution in [0.3, 0.4) is 0 Å². The summed E-state index contributed by atoms with van der Waals surface area (Å²) >= 11 is 0. The van der Waals surface area contributed by atoms with Crippen LogP contribution < -0.4 is 0 Å². The van der Waals surface area contributed by atoms with Crippen molar-refractivity contribution in [3.63, 3.8) is 0 Å². The first-order valence-corrected chi connectivity index (χ1v) is 9.41. The molecule has 0 fully saturated rings. The highest BCUT2D eigenvalue weighted by Crippen LogP contribution is 2.03. The van der Waals surface area contributed by atoms with Crippen LogP contribution in [0.15, 0.2) is 61.9 Å². The molecule has 0 saturated carbocycles. The maximum Gasteiger partial charge on any atom is 0.513 e. The molecule has 0 amide bonds.